The molecule has 0 spiro atoms. The van der Waals surface area contributed by atoms with Gasteiger partial charge in [-0.2, -0.15) is 0 Å². The van der Waals surface area contributed by atoms with Crippen LogP contribution in [0.15, 0.2) is 47.1 Å². The zero-order chi connectivity index (χ0) is 24.6. The first-order valence-corrected chi connectivity index (χ1v) is 12.0. The molecule has 0 N–H and O–H groups in total. The van der Waals surface area contributed by atoms with Gasteiger partial charge in [-0.25, -0.2) is 0 Å². The molecule has 2 unspecified atom stereocenters. The maximum absolute atomic E-state index is 12.7. The maximum atomic E-state index is 12.7. The van der Waals surface area contributed by atoms with Gasteiger partial charge in [0.1, 0.15) is 0 Å². The van der Waals surface area contributed by atoms with Crippen molar-refractivity contribution in [2.45, 2.75) is 79.5 Å². The predicted octanol–water partition coefficient (Wildman–Crippen LogP) is 5.13. The molecule has 1 aromatic rings. The van der Waals surface area contributed by atoms with Gasteiger partial charge < -0.3 is 0 Å². The normalized spacial score (nSPS) is 22.4. The molecule has 1 fully saturated rings. The molecule has 3 rings (SSSR count). The molecule has 0 aromatic heterocycles. The number of aliphatic imine (C=N–C) groups is 1. The Morgan fingerprint density at radius 3 is 2.45 bits per heavy atom. The number of allylic oxidation sites excluding steroid dienone is 1. The van der Waals surface area contributed by atoms with Crippen molar-refractivity contribution in [3.05, 3.63) is 47.7 Å². The van der Waals surface area contributed by atoms with E-state index in [0.29, 0.717) is 26.2 Å². The molecule has 2 aliphatic rings. The first kappa shape index (κ1) is 26.7. The van der Waals surface area contributed by atoms with Crippen LogP contribution in [0.5, 0.6) is 0 Å². The molecular weight excluding hydrogens is 413 g/mol. The molecule has 2 heterocycles. The molecule has 7 heteroatoms. The molecule has 1 saturated heterocycles. The molecule has 1 amide bonds. The van der Waals surface area contributed by atoms with Gasteiger partial charge in [0.25, 0.3) is 0 Å². The van der Waals surface area contributed by atoms with Gasteiger partial charge >= 0.3 is 186 Å². The SMILES string of the molecule is CC.CC1=N/C=C(/C)C(C)B=C(OCc2ccccc2)N2CCN(C(=O)OC(C)(C)C)CC12. The quantitative estimate of drug-likeness (QED) is 0.596. The van der Waals surface area contributed by atoms with Crippen molar-refractivity contribution < 1.29 is 14.3 Å². The van der Waals surface area contributed by atoms with E-state index >= 15 is 0 Å². The Kier molecular flexibility index (Phi) is 9.75. The number of fused-ring (bicyclic) bond motifs is 1. The zero-order valence-electron chi connectivity index (χ0n) is 21.6. The van der Waals surface area contributed by atoms with E-state index in [1.807, 2.05) is 65.9 Å². The van der Waals surface area contributed by atoms with Crippen molar-refractivity contribution in [1.29, 1.82) is 0 Å². The van der Waals surface area contributed by atoms with Crippen molar-refractivity contribution in [3.63, 3.8) is 0 Å². The minimum absolute atomic E-state index is 0.0716. The number of carbonyl (C=O) groups is 1. The summed E-state index contributed by atoms with van der Waals surface area (Å²) in [6.45, 7) is 20.3. The number of amides is 1. The van der Waals surface area contributed by atoms with Crippen LogP contribution in [0.2, 0.25) is 5.82 Å². The van der Waals surface area contributed by atoms with Crippen LogP contribution in [-0.4, -0.2) is 65.6 Å². The standard InChI is InChI=1S/C24H34BN3O3.C2H6/c1-17-14-26-19(3)21-15-27(23(29)31-24(4,5)6)12-13-28(21)22(25-18(17)2)30-16-20-10-8-7-9-11-20;1-2/h7-11,14,18,21H,12-13,15-16H2,1-6H3;1-2H3/b17-14-,26-19?;. The fraction of sp³-hybridized carbons (Fsp3) is 0.577. The van der Waals surface area contributed by atoms with Gasteiger partial charge in [-0.1, -0.05) is 13.8 Å². The number of hydrogen-bond acceptors (Lipinski definition) is 5. The predicted molar refractivity (Wildman–Crippen MR) is 138 cm³/mol. The summed E-state index contributed by atoms with van der Waals surface area (Å²) in [5.74, 6) is 1.04. The summed E-state index contributed by atoms with van der Waals surface area (Å²) in [5.41, 5.74) is 2.73. The summed E-state index contributed by atoms with van der Waals surface area (Å²) in [6, 6.07) is 10.1. The van der Waals surface area contributed by atoms with Crippen LogP contribution >= 0.6 is 0 Å². The summed E-state index contributed by atoms with van der Waals surface area (Å²) in [6.07, 6.45) is 1.65. The molecular formula is C26H40BN3O3. The third kappa shape index (κ3) is 7.76. The van der Waals surface area contributed by atoms with Crippen LogP contribution in [0.1, 0.15) is 61.0 Å². The van der Waals surface area contributed by atoms with Crippen LogP contribution in [0.3, 0.4) is 0 Å². The topological polar surface area (TPSA) is 54.4 Å². The van der Waals surface area contributed by atoms with Crippen molar-refractivity contribution in [2.24, 2.45) is 4.99 Å². The molecule has 1 aromatic carbocycles. The summed E-state index contributed by atoms with van der Waals surface area (Å²) in [4.78, 5) is 21.4. The van der Waals surface area contributed by atoms with Crippen molar-refractivity contribution in [2.75, 3.05) is 19.6 Å². The average Bonchev–Trinajstić information content (AvgIpc) is 2.83. The zero-order valence-corrected chi connectivity index (χ0v) is 21.6. The molecule has 33 heavy (non-hydrogen) atoms. The Labute approximate surface area is 200 Å². The van der Waals surface area contributed by atoms with Gasteiger partial charge in [-0.05, 0) is 0 Å². The van der Waals surface area contributed by atoms with Crippen molar-refractivity contribution >= 4 is 24.5 Å². The van der Waals surface area contributed by atoms with E-state index in [1.54, 1.807) is 4.90 Å². The summed E-state index contributed by atoms with van der Waals surface area (Å²) < 4.78 is 12.0. The number of hydrogen-bond donors (Lipinski definition) is 0. The fourth-order valence-corrected chi connectivity index (χ4v) is 3.61. The first-order valence-electron chi connectivity index (χ1n) is 12.0. The Morgan fingerprint density at radius 1 is 1.15 bits per heavy atom. The third-order valence-corrected chi connectivity index (χ3v) is 5.61. The van der Waals surface area contributed by atoms with E-state index < -0.39 is 5.60 Å². The molecule has 180 valence electrons. The van der Waals surface area contributed by atoms with Crippen LogP contribution in [0.4, 0.5) is 4.79 Å². The number of rotatable bonds is 3. The Hall–Kier alpha value is -2.57. The summed E-state index contributed by atoms with van der Waals surface area (Å²) in [7, 11) is 0. The minimum atomic E-state index is -0.519. The molecule has 2 atom stereocenters. The second-order valence-corrected chi connectivity index (χ2v) is 9.35. The van der Waals surface area contributed by atoms with Gasteiger partial charge in [0, 0.05) is 0 Å². The van der Waals surface area contributed by atoms with E-state index in [1.165, 1.54) is 5.57 Å². The first-order chi connectivity index (χ1) is 15.6. The number of carbonyl (C=O) groups excluding carboxylic acids is 1. The fourth-order valence-electron chi connectivity index (χ4n) is 3.61. The summed E-state index contributed by atoms with van der Waals surface area (Å²) >= 11 is 0. The van der Waals surface area contributed by atoms with Crippen LogP contribution < -0.4 is 0 Å². The van der Waals surface area contributed by atoms with Gasteiger partial charge in [0.05, 0.1) is 0 Å². The van der Waals surface area contributed by atoms with Crippen LogP contribution in [0.25, 0.3) is 0 Å². The Morgan fingerprint density at radius 2 is 1.82 bits per heavy atom. The van der Waals surface area contributed by atoms with Crippen LogP contribution in [-0.2, 0) is 16.1 Å². The molecule has 2 aliphatic heterocycles. The van der Waals surface area contributed by atoms with E-state index in [2.05, 4.69) is 37.8 Å². The van der Waals surface area contributed by atoms with E-state index in [-0.39, 0.29) is 18.0 Å². The van der Waals surface area contributed by atoms with E-state index in [4.69, 9.17) is 14.5 Å². The monoisotopic (exact) mass is 453 g/mol. The van der Waals surface area contributed by atoms with Gasteiger partial charge in [0.15, 0.2) is 0 Å². The number of ether oxygens (including phenoxy) is 2. The third-order valence-electron chi connectivity index (χ3n) is 5.61. The second-order valence-electron chi connectivity index (χ2n) is 9.35. The number of nitrogens with zero attached hydrogens (tertiary/aromatic N) is 3. The van der Waals surface area contributed by atoms with Gasteiger partial charge in [-0.15, -0.1) is 0 Å². The molecule has 0 saturated carbocycles. The number of piperazine rings is 1. The Bertz CT molecular complexity index is 875. The molecule has 6 nitrogen and oxygen atoms in total. The average molecular weight is 453 g/mol. The van der Waals surface area contributed by atoms with Crippen LogP contribution in [0, 0.1) is 0 Å². The Balaban J connectivity index is 0.00000187. The second kappa shape index (κ2) is 12.1. The van der Waals surface area contributed by atoms with E-state index in [0.717, 1.165) is 17.0 Å². The number of benzene rings is 1. The van der Waals surface area contributed by atoms with Crippen molar-refractivity contribution in [1.82, 2.24) is 9.80 Å². The molecule has 0 radical (unpaired) electrons. The molecule has 0 bridgehead atoms. The summed E-state index contributed by atoms with van der Waals surface area (Å²) in [5, 5.41) is 0. The van der Waals surface area contributed by atoms with Gasteiger partial charge in [0.2, 0.25) is 0 Å². The molecule has 0 aliphatic carbocycles. The van der Waals surface area contributed by atoms with E-state index in [9.17, 15) is 4.79 Å². The van der Waals surface area contributed by atoms with Gasteiger partial charge in [-0.3, -0.25) is 0 Å². The van der Waals surface area contributed by atoms with Crippen molar-refractivity contribution in [3.8, 4) is 0 Å².